The molecule has 7 heteroatoms. The van der Waals surface area contributed by atoms with Crippen LogP contribution in [0.15, 0.2) is 51.7 Å². The molecule has 2 aromatic carbocycles. The zero-order chi connectivity index (χ0) is 16.7. The number of ether oxygens (including phenoxy) is 2. The number of hydrogen-bond acceptors (Lipinski definition) is 5. The fourth-order valence-corrected chi connectivity index (χ4v) is 2.65. The van der Waals surface area contributed by atoms with Crippen LogP contribution < -0.4 is 20.5 Å². The van der Waals surface area contributed by atoms with Crippen LogP contribution in [0.25, 0.3) is 11.1 Å². The lowest BCUT2D eigenvalue weighted by Gasteiger charge is -2.31. The van der Waals surface area contributed by atoms with Gasteiger partial charge in [0.25, 0.3) is 5.91 Å². The molecule has 7 nitrogen and oxygen atoms in total. The summed E-state index contributed by atoms with van der Waals surface area (Å²) >= 11 is 0. The van der Waals surface area contributed by atoms with E-state index < -0.39 is 18.0 Å². The molecule has 0 aliphatic carbocycles. The smallest absolute Gasteiger partial charge is 0.417 e. The first-order valence-corrected chi connectivity index (χ1v) is 7.46. The summed E-state index contributed by atoms with van der Waals surface area (Å²) in [5.41, 5.74) is 1.47. The van der Waals surface area contributed by atoms with Crippen LogP contribution in [-0.4, -0.2) is 23.1 Å². The average Bonchev–Trinajstić information content (AvgIpc) is 2.93. The summed E-state index contributed by atoms with van der Waals surface area (Å²) < 4.78 is 16.4. The molecule has 2 atom stereocenters. The minimum Gasteiger partial charge on any atom is -0.482 e. The third-order valence-electron chi connectivity index (χ3n) is 3.79. The van der Waals surface area contributed by atoms with Crippen molar-refractivity contribution in [2.75, 3.05) is 5.32 Å². The van der Waals surface area contributed by atoms with Gasteiger partial charge in [-0.2, -0.15) is 0 Å². The molecule has 0 radical (unpaired) electrons. The number of aromatic nitrogens is 1. The molecule has 3 aromatic rings. The minimum absolute atomic E-state index is 0.331. The van der Waals surface area contributed by atoms with E-state index >= 15 is 0 Å². The molecule has 4 rings (SSSR count). The Bertz CT molecular complexity index is 974. The number of carbonyl (C=O) groups excluding carboxylic acids is 1. The number of benzene rings is 2. The number of hydrogen-bond donors (Lipinski definition) is 2. The number of anilines is 1. The van der Waals surface area contributed by atoms with Gasteiger partial charge in [-0.15, -0.1) is 0 Å². The molecule has 1 aliphatic rings. The van der Waals surface area contributed by atoms with Gasteiger partial charge in [-0.1, -0.05) is 12.1 Å². The van der Waals surface area contributed by atoms with Crippen LogP contribution in [0.5, 0.6) is 11.5 Å². The second kappa shape index (κ2) is 5.45. The van der Waals surface area contributed by atoms with Crippen molar-refractivity contribution in [2.45, 2.75) is 19.1 Å². The summed E-state index contributed by atoms with van der Waals surface area (Å²) in [5, 5.41) is 2.77. The van der Waals surface area contributed by atoms with Crippen molar-refractivity contribution in [3.05, 3.63) is 53.0 Å². The Morgan fingerprint density at radius 1 is 1.12 bits per heavy atom. The molecule has 1 aliphatic heterocycles. The van der Waals surface area contributed by atoms with Crippen molar-refractivity contribution in [1.29, 1.82) is 0 Å². The summed E-state index contributed by atoms with van der Waals surface area (Å²) in [6, 6.07) is 12.1. The fraction of sp³-hybridized carbons (Fsp3) is 0.176. The molecule has 0 saturated carbocycles. The van der Waals surface area contributed by atoms with Gasteiger partial charge in [0.15, 0.2) is 17.1 Å². The highest BCUT2D eigenvalue weighted by Gasteiger charge is 2.34. The van der Waals surface area contributed by atoms with Gasteiger partial charge in [-0.3, -0.25) is 9.78 Å². The van der Waals surface area contributed by atoms with Crippen molar-refractivity contribution in [2.24, 2.45) is 0 Å². The van der Waals surface area contributed by atoms with E-state index in [1.54, 1.807) is 37.3 Å². The molecule has 0 saturated heterocycles. The fourth-order valence-electron chi connectivity index (χ4n) is 2.65. The molecule has 2 heterocycles. The van der Waals surface area contributed by atoms with E-state index in [1.807, 2.05) is 12.1 Å². The Balaban J connectivity index is 1.55. The first kappa shape index (κ1) is 14.4. The second-order valence-corrected chi connectivity index (χ2v) is 5.52. The molecule has 0 spiro atoms. The maximum absolute atomic E-state index is 12.5. The Morgan fingerprint density at radius 3 is 2.67 bits per heavy atom. The largest absolute Gasteiger partial charge is 0.482 e. The molecule has 1 aromatic heterocycles. The average molecular weight is 326 g/mol. The summed E-state index contributed by atoms with van der Waals surface area (Å²) in [5.74, 6) is 0.279. The quantitative estimate of drug-likeness (QED) is 0.753. The number of oxazole rings is 1. The Hall–Kier alpha value is -3.22. The van der Waals surface area contributed by atoms with Crippen LogP contribution in [0, 0.1) is 0 Å². The van der Waals surface area contributed by atoms with Crippen LogP contribution in [0.2, 0.25) is 0 Å². The summed E-state index contributed by atoms with van der Waals surface area (Å²) in [7, 11) is 0. The van der Waals surface area contributed by atoms with Crippen molar-refractivity contribution >= 4 is 22.7 Å². The van der Waals surface area contributed by atoms with Crippen molar-refractivity contribution in [1.82, 2.24) is 4.98 Å². The van der Waals surface area contributed by atoms with Crippen molar-refractivity contribution < 1.29 is 18.7 Å². The van der Waals surface area contributed by atoms with Gasteiger partial charge in [0.2, 0.25) is 6.10 Å². The number of nitrogens with one attached hydrogen (secondary N) is 2. The van der Waals surface area contributed by atoms with Gasteiger partial charge < -0.3 is 19.2 Å². The maximum atomic E-state index is 12.5. The lowest BCUT2D eigenvalue weighted by Crippen LogP contribution is -2.46. The monoisotopic (exact) mass is 326 g/mol. The highest BCUT2D eigenvalue weighted by Crippen LogP contribution is 2.33. The highest BCUT2D eigenvalue weighted by atomic mass is 16.6. The zero-order valence-corrected chi connectivity index (χ0v) is 12.7. The Morgan fingerprint density at radius 2 is 1.88 bits per heavy atom. The molecule has 24 heavy (non-hydrogen) atoms. The molecule has 2 N–H and O–H groups in total. The van der Waals surface area contributed by atoms with E-state index in [2.05, 4.69) is 10.3 Å². The number of H-pyrrole nitrogens is 1. The van der Waals surface area contributed by atoms with E-state index in [0.717, 1.165) is 0 Å². The lowest BCUT2D eigenvalue weighted by molar-refractivity contribution is -0.128. The number of para-hydroxylation sites is 2. The summed E-state index contributed by atoms with van der Waals surface area (Å²) in [6.45, 7) is 1.77. The van der Waals surface area contributed by atoms with Gasteiger partial charge in [-0.05, 0) is 37.3 Å². The number of carbonyl (C=O) groups is 1. The van der Waals surface area contributed by atoms with Gasteiger partial charge in [0.1, 0.15) is 6.10 Å². The molecule has 0 fully saturated rings. The highest BCUT2D eigenvalue weighted by molar-refractivity contribution is 5.96. The molecule has 0 bridgehead atoms. The Kier molecular flexibility index (Phi) is 3.26. The van der Waals surface area contributed by atoms with E-state index in [0.29, 0.717) is 28.3 Å². The zero-order valence-electron chi connectivity index (χ0n) is 12.7. The SMILES string of the molecule is C[C@H]1Oc2ccccc2O[C@@H]1C(=O)Nc1ccc2oc(=O)[nH]c2c1. The van der Waals surface area contributed by atoms with Crippen LogP contribution >= 0.6 is 0 Å². The van der Waals surface area contributed by atoms with E-state index in [9.17, 15) is 9.59 Å². The molecular formula is C17H14N2O5. The van der Waals surface area contributed by atoms with Crippen LogP contribution in [0.3, 0.4) is 0 Å². The standard InChI is InChI=1S/C17H14N2O5/c1-9-15(23-14-5-3-2-4-13(14)22-9)16(20)18-10-6-7-12-11(8-10)19-17(21)24-12/h2-9,15H,1H3,(H,18,20)(H,19,21)/t9-,15+/m1/s1. The van der Waals surface area contributed by atoms with Gasteiger partial charge in [0, 0.05) is 5.69 Å². The second-order valence-electron chi connectivity index (χ2n) is 5.52. The van der Waals surface area contributed by atoms with Crippen LogP contribution in [0.4, 0.5) is 5.69 Å². The predicted octanol–water partition coefficient (Wildman–Crippen LogP) is 2.29. The lowest BCUT2D eigenvalue weighted by atomic mass is 10.1. The summed E-state index contributed by atoms with van der Waals surface area (Å²) in [4.78, 5) is 26.2. The van der Waals surface area contributed by atoms with E-state index in [4.69, 9.17) is 13.9 Å². The normalized spacial score (nSPS) is 19.2. The van der Waals surface area contributed by atoms with Crippen LogP contribution in [0.1, 0.15) is 6.92 Å². The first-order chi connectivity index (χ1) is 11.6. The van der Waals surface area contributed by atoms with Gasteiger partial charge in [0.05, 0.1) is 5.52 Å². The van der Waals surface area contributed by atoms with Gasteiger partial charge >= 0.3 is 5.76 Å². The molecule has 122 valence electrons. The minimum atomic E-state index is -0.779. The summed E-state index contributed by atoms with van der Waals surface area (Å²) in [6.07, 6.45) is -1.21. The third kappa shape index (κ3) is 2.50. The number of fused-ring (bicyclic) bond motifs is 2. The van der Waals surface area contributed by atoms with Gasteiger partial charge in [-0.25, -0.2) is 4.79 Å². The maximum Gasteiger partial charge on any atom is 0.417 e. The predicted molar refractivity (Wildman–Crippen MR) is 86.4 cm³/mol. The van der Waals surface area contributed by atoms with E-state index in [-0.39, 0.29) is 5.91 Å². The van der Waals surface area contributed by atoms with Crippen molar-refractivity contribution in [3.8, 4) is 11.5 Å². The first-order valence-electron chi connectivity index (χ1n) is 7.46. The third-order valence-corrected chi connectivity index (χ3v) is 3.79. The van der Waals surface area contributed by atoms with E-state index in [1.165, 1.54) is 0 Å². The molecule has 1 amide bonds. The van der Waals surface area contributed by atoms with Crippen molar-refractivity contribution in [3.63, 3.8) is 0 Å². The number of aromatic amines is 1. The number of amides is 1. The Labute approximate surface area is 136 Å². The topological polar surface area (TPSA) is 93.6 Å². The molecule has 0 unspecified atom stereocenters. The molecular weight excluding hydrogens is 312 g/mol. The number of rotatable bonds is 2. The van der Waals surface area contributed by atoms with Crippen LogP contribution in [-0.2, 0) is 4.79 Å².